The summed E-state index contributed by atoms with van der Waals surface area (Å²) in [6.45, 7) is 6.88. The molecule has 2 aromatic carbocycles. The molecule has 0 saturated heterocycles. The summed E-state index contributed by atoms with van der Waals surface area (Å²) in [5.74, 6) is -0.859. The molecule has 7 nitrogen and oxygen atoms in total. The van der Waals surface area contributed by atoms with E-state index in [1.54, 1.807) is 44.2 Å². The predicted octanol–water partition coefficient (Wildman–Crippen LogP) is 5.44. The molecule has 2 atom stereocenters. The Morgan fingerprint density at radius 3 is 2.22 bits per heavy atom. The lowest BCUT2D eigenvalue weighted by Gasteiger charge is -2.33. The SMILES string of the molecule is CC[C@@H](C)NC(=O)[C@H](CC)N(Cc1ccc(Cl)c(Cl)c1)C(=O)CN(c1cc(Cl)ccc1C)S(C)(=O)=O. The van der Waals surface area contributed by atoms with Crippen LogP contribution in [0.25, 0.3) is 0 Å². The van der Waals surface area contributed by atoms with Crippen molar-refractivity contribution < 1.29 is 18.0 Å². The fourth-order valence-electron chi connectivity index (χ4n) is 3.64. The van der Waals surface area contributed by atoms with Gasteiger partial charge in [-0.2, -0.15) is 0 Å². The van der Waals surface area contributed by atoms with Crippen LogP contribution in [-0.2, 0) is 26.2 Å². The van der Waals surface area contributed by atoms with E-state index < -0.39 is 28.5 Å². The second-order valence-corrected chi connectivity index (χ2v) is 11.9. The lowest BCUT2D eigenvalue weighted by Crippen LogP contribution is -2.53. The quantitative estimate of drug-likeness (QED) is 0.386. The maximum atomic E-state index is 13.7. The molecule has 0 bridgehead atoms. The van der Waals surface area contributed by atoms with E-state index in [1.807, 2.05) is 13.8 Å². The van der Waals surface area contributed by atoms with Crippen LogP contribution < -0.4 is 9.62 Å². The number of hydrogen-bond donors (Lipinski definition) is 1. The Labute approximate surface area is 228 Å². The van der Waals surface area contributed by atoms with Gasteiger partial charge in [0.05, 0.1) is 22.0 Å². The van der Waals surface area contributed by atoms with Crippen LogP contribution in [0.4, 0.5) is 5.69 Å². The molecule has 0 radical (unpaired) electrons. The number of rotatable bonds is 11. The van der Waals surface area contributed by atoms with E-state index in [1.165, 1.54) is 11.0 Å². The van der Waals surface area contributed by atoms with Crippen molar-refractivity contribution in [2.45, 2.75) is 59.2 Å². The molecule has 11 heteroatoms. The minimum absolute atomic E-state index is 0.0360. The Morgan fingerprint density at radius 2 is 1.67 bits per heavy atom. The average Bonchev–Trinajstić information content (AvgIpc) is 2.80. The van der Waals surface area contributed by atoms with Gasteiger partial charge in [0.2, 0.25) is 21.8 Å². The molecule has 198 valence electrons. The molecule has 0 saturated carbocycles. The standard InChI is InChI=1S/C25H32Cl3N3O4S/c1-6-17(4)29-25(33)22(7-2)30(14-18-9-11-20(27)21(28)12-18)24(32)15-31(36(5,34)35)23-13-19(26)10-8-16(23)3/h8-13,17,22H,6-7,14-15H2,1-5H3,(H,29,33)/t17-,22+/m1/s1. The van der Waals surface area contributed by atoms with Crippen LogP contribution in [0, 0.1) is 6.92 Å². The molecule has 2 rings (SSSR count). The summed E-state index contributed by atoms with van der Waals surface area (Å²) in [6.07, 6.45) is 2.07. The van der Waals surface area contributed by atoms with E-state index in [9.17, 15) is 18.0 Å². The van der Waals surface area contributed by atoms with Crippen LogP contribution in [0.3, 0.4) is 0 Å². The molecule has 2 aromatic rings. The second kappa shape index (κ2) is 13.0. The molecule has 0 heterocycles. The van der Waals surface area contributed by atoms with Gasteiger partial charge < -0.3 is 10.2 Å². The van der Waals surface area contributed by atoms with Crippen LogP contribution in [-0.4, -0.2) is 50.0 Å². The fourth-order valence-corrected chi connectivity index (χ4v) is 5.03. The molecule has 0 aliphatic carbocycles. The van der Waals surface area contributed by atoms with Crippen molar-refractivity contribution in [2.24, 2.45) is 0 Å². The number of sulfonamides is 1. The van der Waals surface area contributed by atoms with Crippen LogP contribution >= 0.6 is 34.8 Å². The molecule has 0 aliphatic heterocycles. The van der Waals surface area contributed by atoms with E-state index in [0.717, 1.165) is 17.0 Å². The van der Waals surface area contributed by atoms with E-state index in [0.29, 0.717) is 38.3 Å². The van der Waals surface area contributed by atoms with Gasteiger partial charge in [-0.25, -0.2) is 8.42 Å². The minimum atomic E-state index is -3.86. The Balaban J connectivity index is 2.51. The summed E-state index contributed by atoms with van der Waals surface area (Å²) in [4.78, 5) is 28.3. The van der Waals surface area contributed by atoms with Gasteiger partial charge >= 0.3 is 0 Å². The molecule has 0 unspecified atom stereocenters. The van der Waals surface area contributed by atoms with Gasteiger partial charge in [-0.15, -0.1) is 0 Å². The summed E-state index contributed by atoms with van der Waals surface area (Å²) in [5, 5.41) is 3.93. The van der Waals surface area contributed by atoms with E-state index in [-0.39, 0.29) is 18.5 Å². The Morgan fingerprint density at radius 1 is 1.00 bits per heavy atom. The van der Waals surface area contributed by atoms with E-state index in [4.69, 9.17) is 34.8 Å². The number of benzene rings is 2. The Kier molecular flexibility index (Phi) is 10.9. The van der Waals surface area contributed by atoms with Gasteiger partial charge in [0, 0.05) is 17.6 Å². The Hall–Kier alpha value is -2.00. The van der Waals surface area contributed by atoms with Crippen molar-refractivity contribution in [3.05, 3.63) is 62.6 Å². The highest BCUT2D eigenvalue weighted by atomic mass is 35.5. The van der Waals surface area contributed by atoms with Crippen LogP contribution in [0.2, 0.25) is 15.1 Å². The minimum Gasteiger partial charge on any atom is -0.352 e. The number of carbonyl (C=O) groups excluding carboxylic acids is 2. The number of carbonyl (C=O) groups is 2. The normalized spacial score (nSPS) is 13.1. The highest BCUT2D eigenvalue weighted by Gasteiger charge is 2.32. The molecule has 0 aromatic heterocycles. The van der Waals surface area contributed by atoms with Gasteiger partial charge in [0.25, 0.3) is 0 Å². The third-order valence-corrected chi connectivity index (χ3v) is 7.94. The molecule has 0 spiro atoms. The monoisotopic (exact) mass is 575 g/mol. The van der Waals surface area contributed by atoms with Crippen molar-refractivity contribution in [2.75, 3.05) is 17.1 Å². The van der Waals surface area contributed by atoms with Crippen molar-refractivity contribution in [3.63, 3.8) is 0 Å². The first kappa shape index (κ1) is 30.2. The predicted molar refractivity (Wildman–Crippen MR) is 147 cm³/mol. The summed E-state index contributed by atoms with van der Waals surface area (Å²) in [7, 11) is -3.86. The van der Waals surface area contributed by atoms with E-state index in [2.05, 4.69) is 5.32 Å². The number of anilines is 1. The molecule has 36 heavy (non-hydrogen) atoms. The maximum absolute atomic E-state index is 13.7. The van der Waals surface area contributed by atoms with Crippen LogP contribution in [0.15, 0.2) is 36.4 Å². The van der Waals surface area contributed by atoms with Gasteiger partial charge in [0.1, 0.15) is 12.6 Å². The third-order valence-electron chi connectivity index (χ3n) is 5.84. The molecule has 1 N–H and O–H groups in total. The lowest BCUT2D eigenvalue weighted by atomic mass is 10.1. The third kappa shape index (κ3) is 8.00. The second-order valence-electron chi connectivity index (χ2n) is 8.71. The molecule has 0 fully saturated rings. The first-order valence-electron chi connectivity index (χ1n) is 11.6. The number of hydrogen-bond acceptors (Lipinski definition) is 4. The zero-order valence-corrected chi connectivity index (χ0v) is 24.1. The summed E-state index contributed by atoms with van der Waals surface area (Å²) < 4.78 is 26.5. The number of nitrogens with one attached hydrogen (secondary N) is 1. The smallest absolute Gasteiger partial charge is 0.244 e. The number of halogens is 3. The maximum Gasteiger partial charge on any atom is 0.244 e. The summed E-state index contributed by atoms with van der Waals surface area (Å²) in [5.41, 5.74) is 1.58. The number of nitrogens with zero attached hydrogens (tertiary/aromatic N) is 2. The molecular formula is C25H32Cl3N3O4S. The van der Waals surface area contributed by atoms with Gasteiger partial charge in [0.15, 0.2) is 0 Å². The number of aryl methyl sites for hydroxylation is 1. The van der Waals surface area contributed by atoms with Crippen LogP contribution in [0.1, 0.15) is 44.7 Å². The van der Waals surface area contributed by atoms with Crippen molar-refractivity contribution >= 4 is 62.3 Å². The zero-order chi connectivity index (χ0) is 27.2. The average molecular weight is 577 g/mol. The summed E-state index contributed by atoms with van der Waals surface area (Å²) in [6, 6.07) is 8.86. The van der Waals surface area contributed by atoms with Crippen molar-refractivity contribution in [3.8, 4) is 0 Å². The molecule has 0 aliphatic rings. The number of amides is 2. The highest BCUT2D eigenvalue weighted by Crippen LogP contribution is 2.28. The van der Waals surface area contributed by atoms with Crippen molar-refractivity contribution in [1.82, 2.24) is 10.2 Å². The molecular weight excluding hydrogens is 545 g/mol. The van der Waals surface area contributed by atoms with Gasteiger partial charge in [-0.1, -0.05) is 60.8 Å². The summed E-state index contributed by atoms with van der Waals surface area (Å²) >= 11 is 18.4. The van der Waals surface area contributed by atoms with Gasteiger partial charge in [-0.05, 0) is 62.1 Å². The first-order valence-corrected chi connectivity index (χ1v) is 14.5. The van der Waals surface area contributed by atoms with E-state index >= 15 is 0 Å². The Bertz CT molecular complexity index is 1210. The first-order chi connectivity index (χ1) is 16.8. The fraction of sp³-hybridized carbons (Fsp3) is 0.440. The highest BCUT2D eigenvalue weighted by molar-refractivity contribution is 7.92. The topological polar surface area (TPSA) is 86.8 Å². The van der Waals surface area contributed by atoms with Crippen molar-refractivity contribution in [1.29, 1.82) is 0 Å². The lowest BCUT2D eigenvalue weighted by molar-refractivity contribution is -0.140. The molecule has 2 amide bonds. The zero-order valence-electron chi connectivity index (χ0n) is 21.0. The van der Waals surface area contributed by atoms with Gasteiger partial charge in [-0.3, -0.25) is 13.9 Å². The van der Waals surface area contributed by atoms with Crippen LogP contribution in [0.5, 0.6) is 0 Å². The largest absolute Gasteiger partial charge is 0.352 e.